The van der Waals surface area contributed by atoms with Gasteiger partial charge in [-0.1, -0.05) is 12.1 Å². The minimum Gasteiger partial charge on any atom is -0.508 e. The Bertz CT molecular complexity index is 525. The van der Waals surface area contributed by atoms with Crippen molar-refractivity contribution in [1.29, 1.82) is 0 Å². The zero-order valence-corrected chi connectivity index (χ0v) is 12.6. The second kappa shape index (κ2) is 4.86. The molecule has 1 aromatic rings. The van der Waals surface area contributed by atoms with Crippen LogP contribution in [0.5, 0.6) is 5.75 Å². The summed E-state index contributed by atoms with van der Waals surface area (Å²) >= 11 is 0. The van der Waals surface area contributed by atoms with Crippen LogP contribution in [0.4, 0.5) is 0 Å². The van der Waals surface area contributed by atoms with E-state index in [4.69, 9.17) is 0 Å². The summed E-state index contributed by atoms with van der Waals surface area (Å²) in [4.78, 5) is 10.6. The second-order valence-corrected chi connectivity index (χ2v) is 7.75. The van der Waals surface area contributed by atoms with Gasteiger partial charge < -0.3 is 9.90 Å². The van der Waals surface area contributed by atoms with Crippen LogP contribution in [0.3, 0.4) is 0 Å². The first-order valence-corrected chi connectivity index (χ1v) is 8.44. The predicted octanol–water partition coefficient (Wildman–Crippen LogP) is 3.99. The molecule has 0 aromatic heterocycles. The molecule has 5 rings (SSSR count). The third-order valence-corrected chi connectivity index (χ3v) is 6.22. The molecule has 0 atom stereocenters. The molecule has 0 heterocycles. The summed E-state index contributed by atoms with van der Waals surface area (Å²) in [6.07, 6.45) is 10.4. The number of phenols is 1. The van der Waals surface area contributed by atoms with E-state index in [1.54, 1.807) is 0 Å². The number of carbonyl (C=O) groups excluding carboxylic acids is 1. The maximum atomic E-state index is 10.6. The minimum absolute atomic E-state index is 0.232. The van der Waals surface area contributed by atoms with E-state index in [0.29, 0.717) is 12.2 Å². The number of aryl methyl sites for hydroxylation is 1. The maximum Gasteiger partial charge on any atom is 0.120 e. The van der Waals surface area contributed by atoms with Gasteiger partial charge in [0, 0.05) is 12.0 Å². The highest BCUT2D eigenvalue weighted by molar-refractivity contribution is 5.51. The molecule has 0 radical (unpaired) electrons. The molecule has 21 heavy (non-hydrogen) atoms. The van der Waals surface area contributed by atoms with E-state index in [0.717, 1.165) is 30.5 Å². The molecule has 0 saturated heterocycles. The monoisotopic (exact) mass is 284 g/mol. The van der Waals surface area contributed by atoms with E-state index >= 15 is 0 Å². The van der Waals surface area contributed by atoms with Crippen molar-refractivity contribution in [3.05, 3.63) is 29.3 Å². The predicted molar refractivity (Wildman–Crippen MR) is 82.3 cm³/mol. The van der Waals surface area contributed by atoms with Crippen LogP contribution in [-0.4, -0.2) is 11.4 Å². The number of benzene rings is 1. The fraction of sp³-hybridized carbons (Fsp3) is 0.632. The van der Waals surface area contributed by atoms with Crippen LogP contribution in [0.25, 0.3) is 0 Å². The first-order chi connectivity index (χ1) is 10.2. The number of hydrogen-bond donors (Lipinski definition) is 1. The Morgan fingerprint density at radius 1 is 1.10 bits per heavy atom. The van der Waals surface area contributed by atoms with Crippen molar-refractivity contribution in [2.75, 3.05) is 0 Å². The lowest BCUT2D eigenvalue weighted by Crippen LogP contribution is -2.48. The van der Waals surface area contributed by atoms with Gasteiger partial charge in [-0.05, 0) is 79.7 Å². The Morgan fingerprint density at radius 3 is 2.29 bits per heavy atom. The summed E-state index contributed by atoms with van der Waals surface area (Å²) in [5.41, 5.74) is 2.62. The highest BCUT2D eigenvalue weighted by atomic mass is 16.3. The molecule has 1 aromatic carbocycles. The van der Waals surface area contributed by atoms with Crippen LogP contribution in [0.2, 0.25) is 0 Å². The van der Waals surface area contributed by atoms with Gasteiger partial charge in [0.1, 0.15) is 12.0 Å². The van der Waals surface area contributed by atoms with Gasteiger partial charge in [-0.15, -0.1) is 0 Å². The van der Waals surface area contributed by atoms with Gasteiger partial charge in [0.15, 0.2) is 0 Å². The second-order valence-electron chi connectivity index (χ2n) is 7.75. The van der Waals surface area contributed by atoms with Gasteiger partial charge >= 0.3 is 0 Å². The first-order valence-electron chi connectivity index (χ1n) is 8.44. The van der Waals surface area contributed by atoms with Gasteiger partial charge in [-0.25, -0.2) is 0 Å². The van der Waals surface area contributed by atoms with Gasteiger partial charge in [-0.3, -0.25) is 0 Å². The largest absolute Gasteiger partial charge is 0.508 e. The molecule has 2 heteroatoms. The molecule has 0 spiro atoms. The van der Waals surface area contributed by atoms with E-state index in [1.807, 2.05) is 12.1 Å². The summed E-state index contributed by atoms with van der Waals surface area (Å²) in [5.74, 6) is 3.13. The molecular formula is C19H24O2. The van der Waals surface area contributed by atoms with Crippen molar-refractivity contribution in [1.82, 2.24) is 0 Å². The minimum atomic E-state index is 0.232. The van der Waals surface area contributed by atoms with Crippen molar-refractivity contribution in [2.45, 2.75) is 56.8 Å². The lowest BCUT2D eigenvalue weighted by atomic mass is 9.48. The van der Waals surface area contributed by atoms with E-state index in [9.17, 15) is 9.90 Å². The van der Waals surface area contributed by atoms with Crippen LogP contribution >= 0.6 is 0 Å². The Kier molecular flexibility index (Phi) is 3.09. The standard InChI is InChI=1S/C19H24O2/c20-5-1-2-13-3-4-18(21)17(9-13)19-10-14-6-15(11-19)8-16(7-14)12-19/h3-5,9,14-16,21H,1-2,6-8,10-12H2. The molecular weight excluding hydrogens is 260 g/mol. The van der Waals surface area contributed by atoms with E-state index in [2.05, 4.69) is 6.07 Å². The molecule has 0 unspecified atom stereocenters. The molecule has 0 amide bonds. The first kappa shape index (κ1) is 13.4. The molecule has 0 aliphatic heterocycles. The highest BCUT2D eigenvalue weighted by Crippen LogP contribution is 2.61. The third kappa shape index (κ3) is 2.20. The molecule has 4 aliphatic rings. The molecule has 4 fully saturated rings. The fourth-order valence-electron chi connectivity index (χ4n) is 5.83. The number of phenolic OH excluding ortho intramolecular Hbond substituents is 1. The Hall–Kier alpha value is -1.31. The van der Waals surface area contributed by atoms with E-state index < -0.39 is 0 Å². The topological polar surface area (TPSA) is 37.3 Å². The number of aromatic hydroxyl groups is 1. The maximum absolute atomic E-state index is 10.6. The van der Waals surface area contributed by atoms with Gasteiger partial charge in [0.25, 0.3) is 0 Å². The quantitative estimate of drug-likeness (QED) is 0.849. The molecule has 4 bridgehead atoms. The molecule has 112 valence electrons. The summed E-state index contributed by atoms with van der Waals surface area (Å²) < 4.78 is 0. The van der Waals surface area contributed by atoms with Crippen LogP contribution in [0.15, 0.2) is 18.2 Å². The number of aldehydes is 1. The van der Waals surface area contributed by atoms with E-state index in [-0.39, 0.29) is 5.41 Å². The smallest absolute Gasteiger partial charge is 0.120 e. The zero-order valence-electron chi connectivity index (χ0n) is 12.6. The summed E-state index contributed by atoms with van der Waals surface area (Å²) in [7, 11) is 0. The van der Waals surface area contributed by atoms with Gasteiger partial charge in [-0.2, -0.15) is 0 Å². The lowest BCUT2D eigenvalue weighted by molar-refractivity contribution is -0.107. The number of rotatable bonds is 4. The number of hydrogen-bond acceptors (Lipinski definition) is 2. The van der Waals surface area contributed by atoms with Crippen molar-refractivity contribution in [3.8, 4) is 5.75 Å². The van der Waals surface area contributed by atoms with Crippen molar-refractivity contribution in [2.24, 2.45) is 17.8 Å². The normalized spacial score (nSPS) is 36.9. The highest BCUT2D eigenvalue weighted by Gasteiger charge is 2.52. The SMILES string of the molecule is O=CCCc1ccc(O)c(C23CC4CC(CC(C4)C2)C3)c1. The molecule has 1 N–H and O–H groups in total. The van der Waals surface area contributed by atoms with Crippen LogP contribution < -0.4 is 0 Å². The Balaban J connectivity index is 1.70. The van der Waals surface area contributed by atoms with Crippen LogP contribution in [0, 0.1) is 17.8 Å². The Morgan fingerprint density at radius 2 is 1.71 bits per heavy atom. The van der Waals surface area contributed by atoms with Gasteiger partial charge in [0.05, 0.1) is 0 Å². The Labute approximate surface area is 126 Å². The average molecular weight is 284 g/mol. The summed E-state index contributed by atoms with van der Waals surface area (Å²) in [6, 6.07) is 6.03. The number of carbonyl (C=O) groups is 1. The molecule has 2 nitrogen and oxygen atoms in total. The van der Waals surface area contributed by atoms with Crippen LogP contribution in [0.1, 0.15) is 56.1 Å². The fourth-order valence-corrected chi connectivity index (χ4v) is 5.83. The average Bonchev–Trinajstić information content (AvgIpc) is 2.45. The zero-order chi connectivity index (χ0) is 14.4. The summed E-state index contributed by atoms with van der Waals surface area (Å²) in [6.45, 7) is 0. The summed E-state index contributed by atoms with van der Waals surface area (Å²) in [5, 5.41) is 10.5. The van der Waals surface area contributed by atoms with Crippen molar-refractivity contribution in [3.63, 3.8) is 0 Å². The molecule has 4 saturated carbocycles. The van der Waals surface area contributed by atoms with E-state index in [1.165, 1.54) is 49.7 Å². The van der Waals surface area contributed by atoms with Gasteiger partial charge in [0.2, 0.25) is 0 Å². The van der Waals surface area contributed by atoms with Crippen LogP contribution in [-0.2, 0) is 16.6 Å². The lowest BCUT2D eigenvalue weighted by Gasteiger charge is -2.57. The van der Waals surface area contributed by atoms with Crippen molar-refractivity contribution >= 4 is 6.29 Å². The molecule has 4 aliphatic carbocycles. The third-order valence-electron chi connectivity index (χ3n) is 6.22. The van der Waals surface area contributed by atoms with Crippen molar-refractivity contribution < 1.29 is 9.90 Å².